The Hall–Kier alpha value is -2.27. The fourth-order valence-electron chi connectivity index (χ4n) is 2.75. The summed E-state index contributed by atoms with van der Waals surface area (Å²) in [6.07, 6.45) is 2.61. The molecule has 0 saturated heterocycles. The van der Waals surface area contributed by atoms with Crippen LogP contribution in [0.4, 0.5) is 0 Å². The Balaban J connectivity index is 2.22. The molecule has 118 valence electrons. The second kappa shape index (κ2) is 6.08. The van der Waals surface area contributed by atoms with E-state index < -0.39 is 0 Å². The third-order valence-corrected chi connectivity index (χ3v) is 4.77. The van der Waals surface area contributed by atoms with Crippen molar-refractivity contribution in [3.8, 4) is 11.5 Å². The molecule has 0 saturated carbocycles. The van der Waals surface area contributed by atoms with Crippen LogP contribution in [0, 0.1) is 0 Å². The first kappa shape index (κ1) is 15.6. The van der Waals surface area contributed by atoms with Crippen molar-refractivity contribution >= 4 is 27.2 Å². The maximum Gasteiger partial charge on any atom is 0.210 e. The first-order valence-electron chi connectivity index (χ1n) is 7.27. The van der Waals surface area contributed by atoms with Crippen LogP contribution in [0.1, 0.15) is 28.5 Å². The molecule has 0 fully saturated rings. The van der Waals surface area contributed by atoms with Crippen LogP contribution in [0.5, 0.6) is 11.5 Å². The molecule has 4 nitrogen and oxygen atoms in total. The lowest BCUT2D eigenvalue weighted by atomic mass is 10.0. The van der Waals surface area contributed by atoms with Gasteiger partial charge in [0, 0.05) is 16.2 Å². The standard InChI is InChI=1S/C18H16BrNO3/c1-3-12-16(19)13-6-4-5-9-20(13)17(12)18(22)11-7-8-14(21)15(10-11)23-2/h4-10,21H,3H2,1-2H3. The van der Waals surface area contributed by atoms with Crippen molar-refractivity contribution < 1.29 is 14.6 Å². The fourth-order valence-corrected chi connectivity index (χ4v) is 3.54. The van der Waals surface area contributed by atoms with E-state index in [1.54, 1.807) is 12.1 Å². The molecule has 0 spiro atoms. The normalized spacial score (nSPS) is 10.9. The third-order valence-electron chi connectivity index (χ3n) is 3.89. The van der Waals surface area contributed by atoms with Crippen LogP contribution in [-0.4, -0.2) is 22.4 Å². The summed E-state index contributed by atoms with van der Waals surface area (Å²) in [5.74, 6) is 0.196. The minimum atomic E-state index is -0.105. The number of aromatic hydroxyl groups is 1. The van der Waals surface area contributed by atoms with Crippen LogP contribution in [0.3, 0.4) is 0 Å². The highest BCUT2D eigenvalue weighted by Crippen LogP contribution is 2.33. The molecule has 0 radical (unpaired) electrons. The molecule has 5 heteroatoms. The Labute approximate surface area is 142 Å². The van der Waals surface area contributed by atoms with Gasteiger partial charge in [0.05, 0.1) is 18.3 Å². The van der Waals surface area contributed by atoms with Crippen molar-refractivity contribution in [2.45, 2.75) is 13.3 Å². The number of halogens is 1. The molecule has 0 atom stereocenters. The molecule has 0 amide bonds. The van der Waals surface area contributed by atoms with E-state index in [-0.39, 0.29) is 17.3 Å². The summed E-state index contributed by atoms with van der Waals surface area (Å²) >= 11 is 3.61. The zero-order chi connectivity index (χ0) is 16.6. The number of phenols is 1. The van der Waals surface area contributed by atoms with Crippen LogP contribution < -0.4 is 4.74 Å². The molecule has 2 aromatic heterocycles. The van der Waals surface area contributed by atoms with Gasteiger partial charge in [-0.1, -0.05) is 13.0 Å². The van der Waals surface area contributed by atoms with Gasteiger partial charge in [0.15, 0.2) is 11.5 Å². The molecular weight excluding hydrogens is 358 g/mol. The summed E-state index contributed by atoms with van der Waals surface area (Å²) in [6.45, 7) is 2.02. The van der Waals surface area contributed by atoms with Gasteiger partial charge < -0.3 is 14.2 Å². The average molecular weight is 374 g/mol. The third kappa shape index (κ3) is 2.51. The second-order valence-electron chi connectivity index (χ2n) is 5.17. The van der Waals surface area contributed by atoms with Crippen molar-refractivity contribution in [1.82, 2.24) is 4.40 Å². The lowest BCUT2D eigenvalue weighted by molar-refractivity contribution is 0.103. The van der Waals surface area contributed by atoms with Gasteiger partial charge in [-0.15, -0.1) is 0 Å². The molecule has 0 bridgehead atoms. The Morgan fingerprint density at radius 2 is 2.09 bits per heavy atom. The Morgan fingerprint density at radius 1 is 1.30 bits per heavy atom. The largest absolute Gasteiger partial charge is 0.504 e. The van der Waals surface area contributed by atoms with Gasteiger partial charge in [-0.2, -0.15) is 0 Å². The minimum absolute atomic E-state index is 0.0148. The van der Waals surface area contributed by atoms with Crippen LogP contribution in [0.25, 0.3) is 5.52 Å². The van der Waals surface area contributed by atoms with E-state index in [4.69, 9.17) is 4.74 Å². The second-order valence-corrected chi connectivity index (χ2v) is 5.96. The van der Waals surface area contributed by atoms with Crippen LogP contribution >= 0.6 is 15.9 Å². The van der Waals surface area contributed by atoms with E-state index in [2.05, 4.69) is 15.9 Å². The number of nitrogens with zero attached hydrogens (tertiary/aromatic N) is 1. The Bertz CT molecular complexity index is 899. The average Bonchev–Trinajstić information content (AvgIpc) is 2.87. The van der Waals surface area contributed by atoms with Crippen LogP contribution in [-0.2, 0) is 6.42 Å². The SMILES string of the molecule is CCc1c(Br)c2ccccn2c1C(=O)c1ccc(O)c(OC)c1. The summed E-state index contributed by atoms with van der Waals surface area (Å²) in [7, 11) is 1.46. The molecule has 3 rings (SSSR count). The number of aromatic nitrogens is 1. The first-order chi connectivity index (χ1) is 11.1. The number of ether oxygens (including phenoxy) is 1. The molecule has 1 aromatic carbocycles. The number of fused-ring (bicyclic) bond motifs is 1. The van der Waals surface area contributed by atoms with Crippen molar-refractivity contribution in [2.75, 3.05) is 7.11 Å². The monoisotopic (exact) mass is 373 g/mol. The molecule has 3 aromatic rings. The summed E-state index contributed by atoms with van der Waals surface area (Å²) < 4.78 is 7.94. The van der Waals surface area contributed by atoms with Gasteiger partial charge in [0.2, 0.25) is 5.78 Å². The number of benzene rings is 1. The number of carbonyl (C=O) groups excluding carboxylic acids is 1. The van der Waals surface area contributed by atoms with Gasteiger partial charge in [-0.25, -0.2) is 0 Å². The van der Waals surface area contributed by atoms with Crippen molar-refractivity contribution in [3.63, 3.8) is 0 Å². The predicted molar refractivity (Wildman–Crippen MR) is 92.6 cm³/mol. The number of pyridine rings is 1. The zero-order valence-corrected chi connectivity index (χ0v) is 14.4. The quantitative estimate of drug-likeness (QED) is 0.696. The number of phenolic OH excluding ortho intramolecular Hbond substituents is 1. The van der Waals surface area contributed by atoms with E-state index in [1.165, 1.54) is 13.2 Å². The van der Waals surface area contributed by atoms with Gasteiger partial charge in [0.1, 0.15) is 0 Å². The highest BCUT2D eigenvalue weighted by molar-refractivity contribution is 9.10. The summed E-state index contributed by atoms with van der Waals surface area (Å²) in [6, 6.07) is 10.5. The van der Waals surface area contributed by atoms with Gasteiger partial charge in [0.25, 0.3) is 0 Å². The minimum Gasteiger partial charge on any atom is -0.504 e. The Kier molecular flexibility index (Phi) is 4.13. The molecule has 0 aliphatic heterocycles. The van der Waals surface area contributed by atoms with Crippen molar-refractivity contribution in [3.05, 3.63) is 63.9 Å². The maximum absolute atomic E-state index is 13.1. The molecule has 2 heterocycles. The summed E-state index contributed by atoms with van der Waals surface area (Å²) in [5.41, 5.74) is 3.03. The lowest BCUT2D eigenvalue weighted by Crippen LogP contribution is -2.08. The smallest absolute Gasteiger partial charge is 0.210 e. The first-order valence-corrected chi connectivity index (χ1v) is 8.06. The lowest BCUT2D eigenvalue weighted by Gasteiger charge is -2.08. The fraction of sp³-hybridized carbons (Fsp3) is 0.167. The summed E-state index contributed by atoms with van der Waals surface area (Å²) in [5, 5.41) is 9.71. The molecule has 1 N–H and O–H groups in total. The van der Waals surface area contributed by atoms with E-state index in [0.717, 1.165) is 22.0 Å². The number of methoxy groups -OCH3 is 1. The molecule has 23 heavy (non-hydrogen) atoms. The predicted octanol–water partition coefficient (Wildman–Crippen LogP) is 4.21. The number of hydrogen-bond acceptors (Lipinski definition) is 3. The molecular formula is C18H16BrNO3. The van der Waals surface area contributed by atoms with Crippen molar-refractivity contribution in [2.24, 2.45) is 0 Å². The summed E-state index contributed by atoms with van der Waals surface area (Å²) in [4.78, 5) is 13.1. The van der Waals surface area contributed by atoms with E-state index in [1.807, 2.05) is 35.7 Å². The van der Waals surface area contributed by atoms with E-state index in [9.17, 15) is 9.90 Å². The number of hydrogen-bond donors (Lipinski definition) is 1. The highest BCUT2D eigenvalue weighted by atomic mass is 79.9. The van der Waals surface area contributed by atoms with E-state index >= 15 is 0 Å². The number of ketones is 1. The van der Waals surface area contributed by atoms with E-state index in [0.29, 0.717) is 11.3 Å². The molecule has 0 aliphatic carbocycles. The van der Waals surface area contributed by atoms with Crippen LogP contribution in [0.2, 0.25) is 0 Å². The Morgan fingerprint density at radius 3 is 2.78 bits per heavy atom. The van der Waals surface area contributed by atoms with Gasteiger partial charge in [-0.3, -0.25) is 4.79 Å². The zero-order valence-electron chi connectivity index (χ0n) is 12.8. The molecule has 0 aliphatic rings. The topological polar surface area (TPSA) is 50.9 Å². The van der Waals surface area contributed by atoms with Crippen LogP contribution in [0.15, 0.2) is 47.1 Å². The number of rotatable bonds is 4. The van der Waals surface area contributed by atoms with Gasteiger partial charge in [-0.05, 0) is 58.2 Å². The van der Waals surface area contributed by atoms with Crippen molar-refractivity contribution in [1.29, 1.82) is 0 Å². The maximum atomic E-state index is 13.1. The number of carbonyl (C=O) groups is 1. The molecule has 0 unspecified atom stereocenters. The van der Waals surface area contributed by atoms with Gasteiger partial charge >= 0.3 is 0 Å². The highest BCUT2D eigenvalue weighted by Gasteiger charge is 2.22.